The van der Waals surface area contributed by atoms with Gasteiger partial charge in [0, 0.05) is 18.4 Å². The first-order chi connectivity index (χ1) is 9.77. The monoisotopic (exact) mass is 285 g/mol. The lowest BCUT2D eigenvalue weighted by atomic mass is 10.2. The van der Waals surface area contributed by atoms with Crippen LogP contribution in [0.3, 0.4) is 0 Å². The Morgan fingerprint density at radius 3 is 2.65 bits per heavy atom. The van der Waals surface area contributed by atoms with Crippen molar-refractivity contribution in [3.63, 3.8) is 0 Å². The first-order valence-corrected chi connectivity index (χ1v) is 7.03. The van der Waals surface area contributed by atoms with E-state index in [1.54, 1.807) is 12.3 Å². The summed E-state index contributed by atoms with van der Waals surface area (Å²) in [7, 11) is 0. The van der Waals surface area contributed by atoms with Crippen molar-refractivity contribution < 1.29 is 0 Å². The standard InChI is InChI=1S/C16H16ClN3/c1-2-3-11-20(14-7-5-4-6-8-14)16-15(17)13(12-18)9-10-19-16/h4-10H,2-3,11H2,1H3. The minimum Gasteiger partial charge on any atom is -0.325 e. The van der Waals surface area contributed by atoms with E-state index in [0.717, 1.165) is 25.1 Å². The van der Waals surface area contributed by atoms with Gasteiger partial charge in [-0.25, -0.2) is 4.98 Å². The van der Waals surface area contributed by atoms with Crippen LogP contribution in [0.5, 0.6) is 0 Å². The normalized spacial score (nSPS) is 10.1. The molecule has 3 nitrogen and oxygen atoms in total. The van der Waals surface area contributed by atoms with Crippen LogP contribution in [0.2, 0.25) is 5.02 Å². The number of aromatic nitrogens is 1. The van der Waals surface area contributed by atoms with Gasteiger partial charge in [0.25, 0.3) is 0 Å². The number of unbranched alkanes of at least 4 members (excludes halogenated alkanes) is 1. The molecular formula is C16H16ClN3. The minimum atomic E-state index is 0.412. The predicted molar refractivity (Wildman–Crippen MR) is 82.3 cm³/mol. The number of para-hydroxylation sites is 1. The van der Waals surface area contributed by atoms with Gasteiger partial charge in [0.05, 0.1) is 5.56 Å². The lowest BCUT2D eigenvalue weighted by Crippen LogP contribution is -2.20. The molecule has 1 aromatic heterocycles. The van der Waals surface area contributed by atoms with Crippen molar-refractivity contribution >= 4 is 23.1 Å². The van der Waals surface area contributed by atoms with Crippen LogP contribution in [0.25, 0.3) is 0 Å². The van der Waals surface area contributed by atoms with Gasteiger partial charge in [-0.05, 0) is 24.6 Å². The molecular weight excluding hydrogens is 270 g/mol. The summed E-state index contributed by atoms with van der Waals surface area (Å²) in [6, 6.07) is 13.7. The van der Waals surface area contributed by atoms with Crippen LogP contribution in [-0.4, -0.2) is 11.5 Å². The number of hydrogen-bond acceptors (Lipinski definition) is 3. The molecule has 0 saturated carbocycles. The van der Waals surface area contributed by atoms with Gasteiger partial charge in [0.2, 0.25) is 0 Å². The number of nitrogens with zero attached hydrogens (tertiary/aromatic N) is 3. The Morgan fingerprint density at radius 1 is 1.25 bits per heavy atom. The van der Waals surface area contributed by atoms with Gasteiger partial charge < -0.3 is 4.90 Å². The van der Waals surface area contributed by atoms with Crippen molar-refractivity contribution in [2.75, 3.05) is 11.4 Å². The van der Waals surface area contributed by atoms with E-state index in [-0.39, 0.29) is 0 Å². The summed E-state index contributed by atoms with van der Waals surface area (Å²) < 4.78 is 0. The van der Waals surface area contributed by atoms with E-state index in [4.69, 9.17) is 16.9 Å². The highest BCUT2D eigenvalue weighted by atomic mass is 35.5. The van der Waals surface area contributed by atoms with E-state index < -0.39 is 0 Å². The molecule has 0 aliphatic rings. The Labute approximate surface area is 124 Å². The average molecular weight is 286 g/mol. The van der Waals surface area contributed by atoms with Crippen LogP contribution < -0.4 is 4.90 Å². The molecule has 102 valence electrons. The summed E-state index contributed by atoms with van der Waals surface area (Å²) in [5, 5.41) is 9.50. The number of halogens is 1. The van der Waals surface area contributed by atoms with Crippen molar-refractivity contribution in [2.45, 2.75) is 19.8 Å². The molecule has 0 N–H and O–H groups in total. The zero-order chi connectivity index (χ0) is 14.4. The predicted octanol–water partition coefficient (Wildman–Crippen LogP) is 4.54. The topological polar surface area (TPSA) is 39.9 Å². The molecule has 4 heteroatoms. The molecule has 0 spiro atoms. The van der Waals surface area contributed by atoms with Crippen LogP contribution in [0.1, 0.15) is 25.3 Å². The van der Waals surface area contributed by atoms with Gasteiger partial charge in [-0.15, -0.1) is 0 Å². The van der Waals surface area contributed by atoms with E-state index in [2.05, 4.69) is 22.9 Å². The highest BCUT2D eigenvalue weighted by Gasteiger charge is 2.16. The Kier molecular flexibility index (Phi) is 4.97. The van der Waals surface area contributed by atoms with E-state index in [1.165, 1.54) is 0 Å². The maximum absolute atomic E-state index is 9.09. The molecule has 0 atom stereocenters. The number of rotatable bonds is 5. The first kappa shape index (κ1) is 14.4. The molecule has 0 unspecified atom stereocenters. The summed E-state index contributed by atoms with van der Waals surface area (Å²) in [5.74, 6) is 0.644. The fourth-order valence-corrected chi connectivity index (χ4v) is 2.24. The number of benzene rings is 1. The lowest BCUT2D eigenvalue weighted by Gasteiger charge is -2.24. The van der Waals surface area contributed by atoms with Crippen molar-refractivity contribution in [1.29, 1.82) is 5.26 Å². The van der Waals surface area contributed by atoms with Crippen LogP contribution >= 0.6 is 11.6 Å². The van der Waals surface area contributed by atoms with E-state index in [9.17, 15) is 0 Å². The zero-order valence-electron chi connectivity index (χ0n) is 11.4. The largest absolute Gasteiger partial charge is 0.325 e. The summed E-state index contributed by atoms with van der Waals surface area (Å²) in [5.41, 5.74) is 1.49. The second-order valence-electron chi connectivity index (χ2n) is 4.45. The highest BCUT2D eigenvalue weighted by molar-refractivity contribution is 6.34. The maximum Gasteiger partial charge on any atom is 0.153 e. The summed E-state index contributed by atoms with van der Waals surface area (Å²) in [4.78, 5) is 6.42. The number of nitriles is 1. The number of pyridine rings is 1. The van der Waals surface area contributed by atoms with Crippen LogP contribution in [0.15, 0.2) is 42.6 Å². The fraction of sp³-hybridized carbons (Fsp3) is 0.250. The third kappa shape index (κ3) is 3.09. The van der Waals surface area contributed by atoms with Gasteiger partial charge in [0.1, 0.15) is 11.1 Å². The Morgan fingerprint density at radius 2 is 2.00 bits per heavy atom. The minimum absolute atomic E-state index is 0.412. The van der Waals surface area contributed by atoms with Crippen LogP contribution in [-0.2, 0) is 0 Å². The average Bonchev–Trinajstić information content (AvgIpc) is 2.50. The number of hydrogen-bond donors (Lipinski definition) is 0. The second-order valence-corrected chi connectivity index (χ2v) is 4.83. The van der Waals surface area contributed by atoms with E-state index >= 15 is 0 Å². The van der Waals surface area contributed by atoms with Crippen molar-refractivity contribution in [1.82, 2.24) is 4.98 Å². The zero-order valence-corrected chi connectivity index (χ0v) is 12.1. The van der Waals surface area contributed by atoms with Gasteiger partial charge >= 0.3 is 0 Å². The molecule has 0 fully saturated rings. The van der Waals surface area contributed by atoms with Gasteiger partial charge in [0.15, 0.2) is 5.82 Å². The second kappa shape index (κ2) is 6.93. The molecule has 0 amide bonds. The smallest absolute Gasteiger partial charge is 0.153 e. The maximum atomic E-state index is 9.09. The molecule has 2 rings (SSSR count). The summed E-state index contributed by atoms with van der Waals surface area (Å²) in [6.07, 6.45) is 3.74. The summed E-state index contributed by atoms with van der Waals surface area (Å²) >= 11 is 6.31. The molecule has 20 heavy (non-hydrogen) atoms. The van der Waals surface area contributed by atoms with Gasteiger partial charge in [-0.2, -0.15) is 5.26 Å². The van der Waals surface area contributed by atoms with Crippen LogP contribution in [0, 0.1) is 11.3 Å². The third-order valence-electron chi connectivity index (χ3n) is 3.05. The molecule has 1 aromatic carbocycles. The molecule has 0 bridgehead atoms. The van der Waals surface area contributed by atoms with Crippen LogP contribution in [0.4, 0.5) is 11.5 Å². The van der Waals surface area contributed by atoms with Crippen molar-refractivity contribution in [3.05, 3.63) is 53.2 Å². The van der Waals surface area contributed by atoms with Gasteiger partial charge in [-0.1, -0.05) is 43.1 Å². The fourth-order valence-electron chi connectivity index (χ4n) is 1.99. The SMILES string of the molecule is CCCCN(c1ccccc1)c1nccc(C#N)c1Cl. The quantitative estimate of drug-likeness (QED) is 0.809. The van der Waals surface area contributed by atoms with Crippen molar-refractivity contribution in [2.24, 2.45) is 0 Å². The van der Waals surface area contributed by atoms with E-state index in [1.807, 2.05) is 30.3 Å². The molecule has 0 radical (unpaired) electrons. The van der Waals surface area contributed by atoms with Gasteiger partial charge in [-0.3, -0.25) is 0 Å². The Balaban J connectivity index is 2.45. The molecule has 0 aliphatic heterocycles. The first-order valence-electron chi connectivity index (χ1n) is 6.65. The summed E-state index contributed by atoms with van der Waals surface area (Å²) in [6.45, 7) is 2.96. The third-order valence-corrected chi connectivity index (χ3v) is 3.42. The number of anilines is 2. The molecule has 2 aromatic rings. The molecule has 1 heterocycles. The lowest BCUT2D eigenvalue weighted by molar-refractivity contribution is 0.779. The molecule has 0 saturated heterocycles. The molecule has 0 aliphatic carbocycles. The van der Waals surface area contributed by atoms with Crippen molar-refractivity contribution in [3.8, 4) is 6.07 Å². The highest BCUT2D eigenvalue weighted by Crippen LogP contribution is 2.32. The van der Waals surface area contributed by atoms with E-state index in [0.29, 0.717) is 16.4 Å². The Hall–Kier alpha value is -2.05. The Bertz CT molecular complexity index is 605.